The van der Waals surface area contributed by atoms with Crippen molar-refractivity contribution >= 4 is 5.91 Å². The predicted octanol–water partition coefficient (Wildman–Crippen LogP) is 2.13. The molecule has 1 fully saturated rings. The van der Waals surface area contributed by atoms with Crippen LogP contribution in [0.4, 0.5) is 0 Å². The van der Waals surface area contributed by atoms with Crippen molar-refractivity contribution in [2.24, 2.45) is 5.73 Å². The number of phenolic OH excluding ortho intramolecular Hbond substituents is 1. The van der Waals surface area contributed by atoms with Gasteiger partial charge in [-0.15, -0.1) is 0 Å². The molecule has 0 atom stereocenters. The fourth-order valence-electron chi connectivity index (χ4n) is 2.70. The van der Waals surface area contributed by atoms with Gasteiger partial charge in [-0.2, -0.15) is 0 Å². The summed E-state index contributed by atoms with van der Waals surface area (Å²) in [5.74, 6) is 0.242. The van der Waals surface area contributed by atoms with E-state index in [4.69, 9.17) is 5.73 Å². The number of aromatic hydroxyl groups is 1. The molecule has 3 N–H and O–H groups in total. The van der Waals surface area contributed by atoms with Gasteiger partial charge in [-0.3, -0.25) is 4.79 Å². The van der Waals surface area contributed by atoms with E-state index in [9.17, 15) is 9.90 Å². The third kappa shape index (κ3) is 3.47. The van der Waals surface area contributed by atoms with Crippen molar-refractivity contribution in [2.75, 3.05) is 13.1 Å². The Bertz CT molecular complexity index is 411. The van der Waals surface area contributed by atoms with Gasteiger partial charge in [0, 0.05) is 18.2 Å². The molecule has 1 amide bonds. The summed E-state index contributed by atoms with van der Waals surface area (Å²) >= 11 is 0. The van der Waals surface area contributed by atoms with Crippen molar-refractivity contribution in [1.29, 1.82) is 0 Å². The number of nitrogens with zero attached hydrogens (tertiary/aromatic N) is 1. The predicted molar refractivity (Wildman–Crippen MR) is 75.1 cm³/mol. The molecule has 1 aromatic rings. The monoisotopic (exact) mass is 262 g/mol. The quantitative estimate of drug-likeness (QED) is 0.854. The topological polar surface area (TPSA) is 66.6 Å². The highest BCUT2D eigenvalue weighted by molar-refractivity contribution is 5.94. The van der Waals surface area contributed by atoms with Crippen LogP contribution in [-0.2, 0) is 0 Å². The Labute approximate surface area is 114 Å². The Morgan fingerprint density at radius 1 is 1.26 bits per heavy atom. The molecule has 0 spiro atoms. The highest BCUT2D eigenvalue weighted by atomic mass is 16.3. The van der Waals surface area contributed by atoms with Crippen LogP contribution < -0.4 is 5.73 Å². The second-order valence-corrected chi connectivity index (χ2v) is 5.13. The van der Waals surface area contributed by atoms with Gasteiger partial charge in [0.25, 0.3) is 5.91 Å². The molecule has 0 aromatic heterocycles. The van der Waals surface area contributed by atoms with Crippen molar-refractivity contribution < 1.29 is 9.90 Å². The summed E-state index contributed by atoms with van der Waals surface area (Å²) in [6.07, 6.45) is 5.42. The summed E-state index contributed by atoms with van der Waals surface area (Å²) in [5.41, 5.74) is 6.20. The van der Waals surface area contributed by atoms with Gasteiger partial charge in [-0.25, -0.2) is 0 Å². The molecule has 1 aliphatic carbocycles. The molecule has 19 heavy (non-hydrogen) atoms. The number of phenols is 1. The number of rotatable bonds is 5. The normalized spacial score (nSPS) is 15.6. The van der Waals surface area contributed by atoms with E-state index >= 15 is 0 Å². The van der Waals surface area contributed by atoms with Gasteiger partial charge < -0.3 is 15.7 Å². The van der Waals surface area contributed by atoms with Crippen LogP contribution in [0.3, 0.4) is 0 Å². The zero-order valence-electron chi connectivity index (χ0n) is 11.2. The Morgan fingerprint density at radius 3 is 2.47 bits per heavy atom. The van der Waals surface area contributed by atoms with Gasteiger partial charge in [0.1, 0.15) is 5.75 Å². The van der Waals surface area contributed by atoms with Crippen molar-refractivity contribution in [1.82, 2.24) is 4.90 Å². The van der Waals surface area contributed by atoms with Gasteiger partial charge in [0.15, 0.2) is 0 Å². The Morgan fingerprint density at radius 2 is 1.89 bits per heavy atom. The first kappa shape index (κ1) is 13.9. The minimum atomic E-state index is 0.0559. The zero-order chi connectivity index (χ0) is 13.7. The zero-order valence-corrected chi connectivity index (χ0v) is 11.2. The van der Waals surface area contributed by atoms with Crippen LogP contribution in [0.15, 0.2) is 24.3 Å². The molecule has 0 unspecified atom stereocenters. The van der Waals surface area contributed by atoms with Gasteiger partial charge >= 0.3 is 0 Å². The average molecular weight is 262 g/mol. The SMILES string of the molecule is NCCCN(C(=O)c1ccc(O)cc1)C1CCCC1. The van der Waals surface area contributed by atoms with Crippen LogP contribution >= 0.6 is 0 Å². The first-order valence-corrected chi connectivity index (χ1v) is 7.02. The van der Waals surface area contributed by atoms with E-state index in [2.05, 4.69) is 0 Å². The lowest BCUT2D eigenvalue weighted by Gasteiger charge is -2.29. The first-order chi connectivity index (χ1) is 9.22. The molecule has 1 aromatic carbocycles. The van der Waals surface area contributed by atoms with E-state index in [0.717, 1.165) is 25.8 Å². The highest BCUT2D eigenvalue weighted by Crippen LogP contribution is 2.25. The van der Waals surface area contributed by atoms with E-state index in [-0.39, 0.29) is 11.7 Å². The van der Waals surface area contributed by atoms with Gasteiger partial charge in [-0.05, 0) is 50.1 Å². The molecule has 4 nitrogen and oxygen atoms in total. The van der Waals surface area contributed by atoms with Crippen LogP contribution in [0, 0.1) is 0 Å². The van der Waals surface area contributed by atoms with Crippen LogP contribution in [0.2, 0.25) is 0 Å². The van der Waals surface area contributed by atoms with Gasteiger partial charge in [-0.1, -0.05) is 12.8 Å². The van der Waals surface area contributed by atoms with Crippen molar-refractivity contribution in [3.8, 4) is 5.75 Å². The van der Waals surface area contributed by atoms with Crippen LogP contribution in [0.25, 0.3) is 0 Å². The Hall–Kier alpha value is -1.55. The number of carbonyl (C=O) groups excluding carboxylic acids is 1. The minimum absolute atomic E-state index is 0.0559. The number of nitrogens with two attached hydrogens (primary N) is 1. The summed E-state index contributed by atoms with van der Waals surface area (Å²) in [4.78, 5) is 14.5. The molecule has 0 radical (unpaired) electrons. The third-order valence-electron chi connectivity index (χ3n) is 3.74. The second kappa shape index (κ2) is 6.57. The number of carbonyl (C=O) groups is 1. The van der Waals surface area contributed by atoms with Crippen LogP contribution in [-0.4, -0.2) is 35.0 Å². The van der Waals surface area contributed by atoms with Crippen molar-refractivity contribution in [3.63, 3.8) is 0 Å². The molecule has 0 bridgehead atoms. The molecule has 0 heterocycles. The van der Waals surface area contributed by atoms with Crippen molar-refractivity contribution in [3.05, 3.63) is 29.8 Å². The molecule has 0 saturated heterocycles. The van der Waals surface area contributed by atoms with E-state index in [1.165, 1.54) is 12.8 Å². The third-order valence-corrected chi connectivity index (χ3v) is 3.74. The van der Waals surface area contributed by atoms with E-state index in [1.807, 2.05) is 4.90 Å². The number of amides is 1. The standard InChI is InChI=1S/C15H22N2O2/c16-10-3-11-17(13-4-1-2-5-13)15(19)12-6-8-14(18)9-7-12/h6-9,13,18H,1-5,10-11,16H2. The minimum Gasteiger partial charge on any atom is -0.508 e. The summed E-state index contributed by atoms with van der Waals surface area (Å²) in [6, 6.07) is 6.84. The molecular formula is C15H22N2O2. The lowest BCUT2D eigenvalue weighted by Crippen LogP contribution is -2.40. The maximum absolute atomic E-state index is 12.6. The Balaban J connectivity index is 2.11. The maximum atomic E-state index is 12.6. The Kier molecular flexibility index (Phi) is 4.80. The molecule has 0 aliphatic heterocycles. The molecule has 1 saturated carbocycles. The maximum Gasteiger partial charge on any atom is 0.254 e. The van der Waals surface area contributed by atoms with E-state index < -0.39 is 0 Å². The summed E-state index contributed by atoms with van der Waals surface area (Å²) in [7, 11) is 0. The van der Waals surface area contributed by atoms with E-state index in [1.54, 1.807) is 24.3 Å². The van der Waals surface area contributed by atoms with Crippen LogP contribution in [0.5, 0.6) is 5.75 Å². The molecule has 104 valence electrons. The first-order valence-electron chi connectivity index (χ1n) is 7.02. The fraction of sp³-hybridized carbons (Fsp3) is 0.533. The fourth-order valence-corrected chi connectivity index (χ4v) is 2.70. The molecule has 4 heteroatoms. The highest BCUT2D eigenvalue weighted by Gasteiger charge is 2.26. The smallest absolute Gasteiger partial charge is 0.254 e. The summed E-state index contributed by atoms with van der Waals surface area (Å²) in [6.45, 7) is 1.33. The lowest BCUT2D eigenvalue weighted by atomic mass is 10.1. The molecule has 2 rings (SSSR count). The van der Waals surface area contributed by atoms with Crippen molar-refractivity contribution in [2.45, 2.75) is 38.1 Å². The summed E-state index contributed by atoms with van der Waals surface area (Å²) in [5, 5.41) is 9.29. The second-order valence-electron chi connectivity index (χ2n) is 5.13. The van der Waals surface area contributed by atoms with E-state index in [0.29, 0.717) is 18.2 Å². The molecular weight excluding hydrogens is 240 g/mol. The largest absolute Gasteiger partial charge is 0.508 e. The van der Waals surface area contributed by atoms with Gasteiger partial charge in [0.05, 0.1) is 0 Å². The lowest BCUT2D eigenvalue weighted by molar-refractivity contribution is 0.0680. The van der Waals surface area contributed by atoms with Gasteiger partial charge in [0.2, 0.25) is 0 Å². The number of benzene rings is 1. The molecule has 1 aliphatic rings. The van der Waals surface area contributed by atoms with Crippen LogP contribution in [0.1, 0.15) is 42.5 Å². The summed E-state index contributed by atoms with van der Waals surface area (Å²) < 4.78 is 0. The number of hydrogen-bond acceptors (Lipinski definition) is 3. The number of hydrogen-bond donors (Lipinski definition) is 2. The average Bonchev–Trinajstić information content (AvgIpc) is 2.94.